The van der Waals surface area contributed by atoms with E-state index in [2.05, 4.69) is 10.3 Å². The Balaban J connectivity index is 1.67. The van der Waals surface area contributed by atoms with Gasteiger partial charge < -0.3 is 15.0 Å². The molecule has 0 unspecified atom stereocenters. The van der Waals surface area contributed by atoms with Crippen molar-refractivity contribution in [3.63, 3.8) is 0 Å². The van der Waals surface area contributed by atoms with Gasteiger partial charge in [0.2, 0.25) is 0 Å². The Kier molecular flexibility index (Phi) is 5.62. The van der Waals surface area contributed by atoms with E-state index in [-0.39, 0.29) is 46.3 Å². The molecule has 0 radical (unpaired) electrons. The fourth-order valence-electron chi connectivity index (χ4n) is 3.24. The third-order valence-electron chi connectivity index (χ3n) is 4.82. The predicted molar refractivity (Wildman–Crippen MR) is 113 cm³/mol. The minimum absolute atomic E-state index is 0.0251. The smallest absolute Gasteiger partial charge is 0.416 e. The molecule has 12 heteroatoms. The standard InChI is InChI=1S/C21H16F3N3O5S/c22-21(23,24)13-1-4-15(5-2-13)27-9-10-32-18-6-3-14(11-19(18)33(27,30)31)26-20(29)17-12-16(28)7-8-25-17/h1-8,11-12H,9-10H2,(H,25,28)(H,26,29). The first-order chi connectivity index (χ1) is 15.6. The van der Waals surface area contributed by atoms with E-state index in [9.17, 15) is 31.2 Å². The van der Waals surface area contributed by atoms with Crippen LogP contribution in [0.1, 0.15) is 16.1 Å². The lowest BCUT2D eigenvalue weighted by atomic mass is 10.2. The topological polar surface area (TPSA) is 109 Å². The van der Waals surface area contributed by atoms with Crippen LogP contribution in [0.4, 0.5) is 24.5 Å². The molecule has 2 heterocycles. The molecule has 2 N–H and O–H groups in total. The van der Waals surface area contributed by atoms with Crippen LogP contribution in [0.2, 0.25) is 0 Å². The average Bonchev–Trinajstić information content (AvgIpc) is 2.89. The molecular formula is C21H16F3N3O5S. The van der Waals surface area contributed by atoms with Crippen molar-refractivity contribution in [1.29, 1.82) is 0 Å². The summed E-state index contributed by atoms with van der Waals surface area (Å²) in [6.45, 7) is -0.167. The maximum Gasteiger partial charge on any atom is 0.416 e. The molecule has 1 aromatic heterocycles. The van der Waals surface area contributed by atoms with Crippen molar-refractivity contribution in [1.82, 2.24) is 4.98 Å². The van der Waals surface area contributed by atoms with E-state index in [0.717, 1.165) is 34.6 Å². The van der Waals surface area contributed by atoms with E-state index in [0.29, 0.717) is 0 Å². The van der Waals surface area contributed by atoms with Crippen molar-refractivity contribution in [2.45, 2.75) is 11.1 Å². The van der Waals surface area contributed by atoms with Crippen LogP contribution in [-0.2, 0) is 16.2 Å². The summed E-state index contributed by atoms with van der Waals surface area (Å²) in [6.07, 6.45) is -3.25. The molecule has 0 fully saturated rings. The van der Waals surface area contributed by atoms with Crippen LogP contribution < -0.4 is 19.8 Å². The lowest BCUT2D eigenvalue weighted by Crippen LogP contribution is -2.32. The summed E-state index contributed by atoms with van der Waals surface area (Å²) in [5, 5.41) is 2.50. The molecule has 8 nitrogen and oxygen atoms in total. The predicted octanol–water partition coefficient (Wildman–Crippen LogP) is 3.23. The summed E-state index contributed by atoms with van der Waals surface area (Å²) in [7, 11) is -4.23. The molecule has 4 rings (SSSR count). The summed E-state index contributed by atoms with van der Waals surface area (Å²) in [5.74, 6) is -0.630. The molecule has 0 atom stereocenters. The largest absolute Gasteiger partial charge is 0.490 e. The lowest BCUT2D eigenvalue weighted by molar-refractivity contribution is -0.137. The molecular weight excluding hydrogens is 463 g/mol. The second-order valence-electron chi connectivity index (χ2n) is 7.02. The van der Waals surface area contributed by atoms with Crippen LogP contribution >= 0.6 is 0 Å². The number of alkyl halides is 3. The molecule has 0 bridgehead atoms. The van der Waals surface area contributed by atoms with Gasteiger partial charge in [-0.1, -0.05) is 0 Å². The van der Waals surface area contributed by atoms with E-state index in [1.165, 1.54) is 30.5 Å². The molecule has 3 aromatic rings. The number of rotatable bonds is 3. The van der Waals surface area contributed by atoms with E-state index in [1.807, 2.05) is 0 Å². The van der Waals surface area contributed by atoms with Gasteiger partial charge in [-0.05, 0) is 42.5 Å². The van der Waals surface area contributed by atoms with Gasteiger partial charge in [0.1, 0.15) is 22.9 Å². The number of benzene rings is 2. The first kappa shape index (κ1) is 22.4. The van der Waals surface area contributed by atoms with Gasteiger partial charge in [0, 0.05) is 24.0 Å². The highest BCUT2D eigenvalue weighted by molar-refractivity contribution is 7.93. The summed E-state index contributed by atoms with van der Waals surface area (Å²) < 4.78 is 71.7. The number of ether oxygens (including phenoxy) is 1. The number of hydrogen-bond donors (Lipinski definition) is 2. The van der Waals surface area contributed by atoms with Crippen molar-refractivity contribution in [3.8, 4) is 5.75 Å². The molecule has 1 amide bonds. The summed E-state index contributed by atoms with van der Waals surface area (Å²) in [4.78, 5) is 26.2. The minimum Gasteiger partial charge on any atom is -0.490 e. The molecule has 2 aromatic carbocycles. The SMILES string of the molecule is O=C(Nc1ccc2c(c1)S(=O)(=O)N(c1ccc(C(F)(F)F)cc1)CCO2)c1cc(=O)cc[nH]1. The first-order valence-corrected chi connectivity index (χ1v) is 11.0. The van der Waals surface area contributed by atoms with Gasteiger partial charge >= 0.3 is 6.18 Å². The molecule has 0 saturated carbocycles. The van der Waals surface area contributed by atoms with Crippen LogP contribution in [0.5, 0.6) is 5.75 Å². The quantitative estimate of drug-likeness (QED) is 0.600. The normalized spacial score (nSPS) is 15.2. The monoisotopic (exact) mass is 479 g/mol. The number of aromatic amines is 1. The molecule has 172 valence electrons. The number of pyridine rings is 1. The summed E-state index contributed by atoms with van der Waals surface area (Å²) >= 11 is 0. The van der Waals surface area contributed by atoms with E-state index in [4.69, 9.17) is 4.74 Å². The third-order valence-corrected chi connectivity index (χ3v) is 6.67. The number of carbonyl (C=O) groups excluding carboxylic acids is 1. The van der Waals surface area contributed by atoms with Crippen molar-refractivity contribution in [2.24, 2.45) is 0 Å². The number of hydrogen-bond acceptors (Lipinski definition) is 5. The van der Waals surface area contributed by atoms with Gasteiger partial charge in [0.25, 0.3) is 15.9 Å². The third kappa shape index (κ3) is 4.55. The Bertz CT molecular complexity index is 1370. The van der Waals surface area contributed by atoms with Gasteiger partial charge in [-0.15, -0.1) is 0 Å². The number of carbonyl (C=O) groups is 1. The first-order valence-electron chi connectivity index (χ1n) is 9.53. The molecule has 1 aliphatic rings. The second-order valence-corrected chi connectivity index (χ2v) is 8.85. The van der Waals surface area contributed by atoms with Gasteiger partial charge in [-0.25, -0.2) is 8.42 Å². The molecule has 33 heavy (non-hydrogen) atoms. The minimum atomic E-state index is -4.55. The Morgan fingerprint density at radius 3 is 2.45 bits per heavy atom. The highest BCUT2D eigenvalue weighted by Gasteiger charge is 2.33. The number of anilines is 2. The summed E-state index contributed by atoms with van der Waals surface area (Å²) in [6, 6.07) is 10.1. The molecule has 0 saturated heterocycles. The number of sulfonamides is 1. The molecule has 1 aliphatic heterocycles. The van der Waals surface area contributed by atoms with Gasteiger partial charge in [-0.3, -0.25) is 13.9 Å². The maximum absolute atomic E-state index is 13.3. The highest BCUT2D eigenvalue weighted by Crippen LogP contribution is 2.36. The maximum atomic E-state index is 13.3. The van der Waals surface area contributed by atoms with Crippen molar-refractivity contribution in [2.75, 3.05) is 22.8 Å². The van der Waals surface area contributed by atoms with Gasteiger partial charge in [0.05, 0.1) is 17.8 Å². The van der Waals surface area contributed by atoms with Gasteiger partial charge in [0.15, 0.2) is 5.43 Å². The number of fused-ring (bicyclic) bond motifs is 1. The number of aromatic nitrogens is 1. The van der Waals surface area contributed by atoms with E-state index in [1.54, 1.807) is 0 Å². The Hall–Kier alpha value is -3.80. The van der Waals surface area contributed by atoms with Crippen LogP contribution in [0.3, 0.4) is 0 Å². The number of amides is 1. The Labute approximate surface area is 185 Å². The fraction of sp³-hybridized carbons (Fsp3) is 0.143. The Morgan fingerprint density at radius 2 is 1.79 bits per heavy atom. The van der Waals surface area contributed by atoms with Crippen molar-refractivity contribution < 1.29 is 31.1 Å². The van der Waals surface area contributed by atoms with Gasteiger partial charge in [-0.2, -0.15) is 13.2 Å². The number of halogens is 3. The van der Waals surface area contributed by atoms with E-state index >= 15 is 0 Å². The zero-order valence-electron chi connectivity index (χ0n) is 16.7. The van der Waals surface area contributed by atoms with Crippen molar-refractivity contribution >= 4 is 27.3 Å². The van der Waals surface area contributed by atoms with Crippen LogP contribution in [-0.4, -0.2) is 32.5 Å². The Morgan fingerprint density at radius 1 is 1.06 bits per heavy atom. The molecule has 0 aliphatic carbocycles. The highest BCUT2D eigenvalue weighted by atomic mass is 32.2. The van der Waals surface area contributed by atoms with Crippen molar-refractivity contribution in [3.05, 3.63) is 82.3 Å². The number of nitrogens with zero attached hydrogens (tertiary/aromatic N) is 1. The van der Waals surface area contributed by atoms with E-state index < -0.39 is 27.7 Å². The average molecular weight is 479 g/mol. The zero-order valence-corrected chi connectivity index (χ0v) is 17.5. The second kappa shape index (κ2) is 8.28. The summed E-state index contributed by atoms with van der Waals surface area (Å²) in [5.41, 5.74) is -1.16. The lowest BCUT2D eigenvalue weighted by Gasteiger charge is -2.22. The van der Waals surface area contributed by atoms with Crippen LogP contribution in [0, 0.1) is 0 Å². The molecule has 0 spiro atoms. The van der Waals surface area contributed by atoms with Crippen LogP contribution in [0.15, 0.2) is 70.5 Å². The fourth-order valence-corrected chi connectivity index (χ4v) is 4.85. The van der Waals surface area contributed by atoms with Crippen LogP contribution in [0.25, 0.3) is 0 Å². The number of nitrogens with one attached hydrogen (secondary N) is 2. The number of H-pyrrole nitrogens is 1. The zero-order chi connectivity index (χ0) is 23.8.